The van der Waals surface area contributed by atoms with Gasteiger partial charge in [-0.25, -0.2) is 8.78 Å². The first-order valence-corrected chi connectivity index (χ1v) is 24.4. The molecule has 2 aromatic carbocycles. The molecule has 5 nitrogen and oxygen atoms in total. The van der Waals surface area contributed by atoms with Gasteiger partial charge in [-0.3, -0.25) is 0 Å². The molecule has 0 spiro atoms. The number of allylic oxidation sites excluding steroid dienone is 2. The molecule has 1 saturated heterocycles. The third-order valence-electron chi connectivity index (χ3n) is 6.31. The average Bonchev–Trinajstić information content (AvgIpc) is 3.09. The number of fused-ring (bicyclic) bond motifs is 1. The Labute approximate surface area is 384 Å². The van der Waals surface area contributed by atoms with E-state index in [9.17, 15) is 18.9 Å². The van der Waals surface area contributed by atoms with Gasteiger partial charge in [0.05, 0.1) is 11.2 Å². The van der Waals surface area contributed by atoms with Gasteiger partial charge in [0.1, 0.15) is 5.75 Å². The molecule has 2 aromatic rings. The van der Waals surface area contributed by atoms with Gasteiger partial charge in [-0.15, -0.1) is 17.9 Å². The zero-order chi connectivity index (χ0) is 31.1. The maximum Gasteiger partial charge on any atom is 0.555 e. The van der Waals surface area contributed by atoms with Crippen molar-refractivity contribution in [2.45, 2.75) is 52.7 Å². The quantitative estimate of drug-likeness (QED) is 0.178. The molecule has 2 N–H and O–H groups in total. The van der Waals surface area contributed by atoms with Crippen molar-refractivity contribution in [1.29, 1.82) is 0 Å². The molecule has 1 fully saturated rings. The molecule has 6 unspecified atom stereocenters. The fourth-order valence-corrected chi connectivity index (χ4v) is 21.8. The van der Waals surface area contributed by atoms with E-state index in [2.05, 4.69) is 49.7 Å². The zero-order valence-electron chi connectivity index (χ0n) is 25.5. The van der Waals surface area contributed by atoms with Gasteiger partial charge in [0, 0.05) is 138 Å². The molecule has 4 rings (SSSR count). The third kappa shape index (κ3) is 17.3. The summed E-state index contributed by atoms with van der Waals surface area (Å²) in [6.45, 7) is 11.4. The van der Waals surface area contributed by atoms with Gasteiger partial charge in [0.2, 0.25) is 0 Å². The molecule has 0 amide bonds. The Morgan fingerprint density at radius 2 is 1.38 bits per heavy atom. The molecule has 0 bridgehead atoms. The van der Waals surface area contributed by atoms with Crippen LogP contribution in [0.5, 0.6) is 11.5 Å². The number of phenolic OH excluding ortho intramolecular Hbond substituents is 1. The molecule has 2 aliphatic rings. The Hall–Kier alpha value is 4.89. The SMILES string of the molecule is C/C(=C\c1cc(Br)cc(F)c1O)B1OC(C)(C)C(C)(C)O1.CC1=Cc2cc(Br)cc(F)c2OB1O.PPPPPP.[Ir].[Y].[Y].[Y]. The second-order valence-electron chi connectivity index (χ2n) is 10.0. The summed E-state index contributed by atoms with van der Waals surface area (Å²) in [6.07, 6.45) is 3.38. The maximum absolute atomic E-state index is 13.5. The first-order valence-electron chi connectivity index (χ1n) is 12.2. The minimum atomic E-state index is -1.04. The molecule has 0 saturated carbocycles. The fraction of sp³-hybridized carbons (Fsp3) is 0.333. The largest absolute Gasteiger partial charge is 0.555 e. The second-order valence-corrected chi connectivity index (χ2v) is 25.8. The second kappa shape index (κ2) is 25.8. The van der Waals surface area contributed by atoms with Crippen LogP contribution in [-0.4, -0.2) is 35.6 Å². The zero-order valence-corrected chi connectivity index (χ0v) is 45.9. The van der Waals surface area contributed by atoms with E-state index in [1.807, 2.05) is 34.6 Å². The van der Waals surface area contributed by atoms with Crippen molar-refractivity contribution < 1.29 is 151 Å². The van der Waals surface area contributed by atoms with Crippen molar-refractivity contribution in [3.05, 3.63) is 66.9 Å². The van der Waals surface area contributed by atoms with E-state index in [0.717, 1.165) is 21.4 Å². The molecule has 21 heteroatoms. The van der Waals surface area contributed by atoms with Gasteiger partial charge < -0.3 is 24.1 Å². The Morgan fingerprint density at radius 3 is 1.87 bits per heavy atom. The van der Waals surface area contributed by atoms with Crippen LogP contribution in [0.2, 0.25) is 0 Å². The van der Waals surface area contributed by atoms with Gasteiger partial charge in [0.15, 0.2) is 17.4 Å². The molecule has 4 radical (unpaired) electrons. The number of benzene rings is 2. The van der Waals surface area contributed by atoms with Gasteiger partial charge in [0.25, 0.3) is 0 Å². The molecule has 0 aliphatic carbocycles. The third-order valence-corrected chi connectivity index (χ3v) is 23.8. The predicted molar refractivity (Wildman–Crippen MR) is 195 cm³/mol. The van der Waals surface area contributed by atoms with Crippen molar-refractivity contribution in [3.63, 3.8) is 0 Å². The van der Waals surface area contributed by atoms with Crippen LogP contribution in [-0.2, 0) is 128 Å². The summed E-state index contributed by atoms with van der Waals surface area (Å²) in [5, 5.41) is 19.1. The van der Waals surface area contributed by atoms with Crippen LogP contribution in [0, 0.1) is 11.6 Å². The summed E-state index contributed by atoms with van der Waals surface area (Å²) in [6, 6.07) is 5.91. The van der Waals surface area contributed by atoms with E-state index in [1.165, 1.54) is 28.0 Å². The Kier molecular flexibility index (Phi) is 31.1. The molecule has 6 atom stereocenters. The number of halogens is 4. The minimum Gasteiger partial charge on any atom is -0.530 e. The topological polar surface area (TPSA) is 68.2 Å². The molecule has 242 valence electrons. The number of hydrogen-bond donors (Lipinski definition) is 2. The molecular weight excluding hydrogens is 1230 g/mol. The summed E-state index contributed by atoms with van der Waals surface area (Å²) in [5.41, 5.74) is 1.58. The molecule has 2 heterocycles. The van der Waals surface area contributed by atoms with Crippen LogP contribution < -0.4 is 4.65 Å². The van der Waals surface area contributed by atoms with Gasteiger partial charge in [-0.05, 0) is 76.8 Å². The van der Waals surface area contributed by atoms with Crippen LogP contribution in [0.25, 0.3) is 12.2 Å². The van der Waals surface area contributed by atoms with E-state index >= 15 is 0 Å². The van der Waals surface area contributed by atoms with Crippen molar-refractivity contribution in [1.82, 2.24) is 0 Å². The summed E-state index contributed by atoms with van der Waals surface area (Å²) in [7, 11) is 8.66. The van der Waals surface area contributed by atoms with Crippen LogP contribution >= 0.6 is 81.5 Å². The summed E-state index contributed by atoms with van der Waals surface area (Å²) in [4.78, 5) is 0. The Morgan fingerprint density at radius 1 is 0.911 bits per heavy atom. The van der Waals surface area contributed by atoms with Crippen LogP contribution in [0.4, 0.5) is 8.78 Å². The smallest absolute Gasteiger partial charge is 0.530 e. The van der Waals surface area contributed by atoms with Crippen LogP contribution in [0.1, 0.15) is 52.7 Å². The predicted octanol–water partition coefficient (Wildman–Crippen LogP) is 9.75. The van der Waals surface area contributed by atoms with Crippen molar-refractivity contribution in [3.8, 4) is 11.5 Å². The van der Waals surface area contributed by atoms with E-state index in [4.69, 9.17) is 14.0 Å². The minimum absolute atomic E-state index is 0. The molecule has 2 aliphatic heterocycles. The van der Waals surface area contributed by atoms with Crippen LogP contribution in [0.15, 0.2) is 44.2 Å². The summed E-state index contributed by atoms with van der Waals surface area (Å²) >= 11 is 6.40. The number of rotatable bonds is 5. The van der Waals surface area contributed by atoms with Crippen molar-refractivity contribution in [2.24, 2.45) is 0 Å². The maximum atomic E-state index is 13.5. The standard InChI is InChI=1S/C15H19BBrFO3.C9H7BBrFO2.Ir.H8P6.3Y/c1-9(16-20-14(2,3)15(4,5)21-16)6-10-7-11(17)8-12(18)13(10)19;1-5-2-6-3-7(11)4-8(12)9(6)14-10(5)13;;1-3-5-6-4-2;;;/h6-8,19H,1-5H3;2-4,13H,1H3;;3-6H,1-2H2;;;/b9-6+;;;;;;. The van der Waals surface area contributed by atoms with Gasteiger partial charge in [-0.2, -0.15) is 0 Å². The molecular formula is C24H34B2Br2F2IrO5P6Y3. The first-order chi connectivity index (χ1) is 19.0. The first kappa shape index (κ1) is 54.2. The van der Waals surface area contributed by atoms with Gasteiger partial charge >= 0.3 is 14.2 Å². The molecule has 0 aromatic heterocycles. The summed E-state index contributed by atoms with van der Waals surface area (Å²) < 4.78 is 45.0. The average molecular weight is 1270 g/mol. The monoisotopic (exact) mass is 1270 g/mol. The summed E-state index contributed by atoms with van der Waals surface area (Å²) in [5.74, 6) is -1.42. The fourth-order valence-electron chi connectivity index (χ4n) is 3.44. The van der Waals surface area contributed by atoms with Gasteiger partial charge in [-0.1, -0.05) is 75.8 Å². The number of aromatic hydroxyl groups is 1. The Balaban J connectivity index is -0.000000642. The van der Waals surface area contributed by atoms with E-state index < -0.39 is 37.1 Å². The Bertz CT molecular complexity index is 1290. The number of hydrogen-bond acceptors (Lipinski definition) is 5. The van der Waals surface area contributed by atoms with E-state index in [-0.39, 0.29) is 130 Å². The number of phenols is 1. The van der Waals surface area contributed by atoms with E-state index in [0.29, 0.717) is 25.5 Å². The molecule has 45 heavy (non-hydrogen) atoms. The van der Waals surface area contributed by atoms with Crippen molar-refractivity contribution in [2.75, 3.05) is 0 Å². The van der Waals surface area contributed by atoms with Crippen LogP contribution in [0.3, 0.4) is 0 Å². The van der Waals surface area contributed by atoms with Crippen molar-refractivity contribution >= 4 is 108 Å². The van der Waals surface area contributed by atoms with E-state index in [1.54, 1.807) is 31.2 Å². The normalized spacial score (nSPS) is 16.6.